The molecule has 28 heavy (non-hydrogen) atoms. The highest BCUT2D eigenvalue weighted by Gasteiger charge is 2.30. The molecule has 1 atom stereocenters. The highest BCUT2D eigenvalue weighted by atomic mass is 35.5. The van der Waals surface area contributed by atoms with Crippen LogP contribution >= 0.6 is 24.8 Å². The summed E-state index contributed by atoms with van der Waals surface area (Å²) in [5, 5.41) is 4.51. The van der Waals surface area contributed by atoms with Crippen LogP contribution in [-0.4, -0.2) is 45.0 Å². The van der Waals surface area contributed by atoms with Gasteiger partial charge in [0.05, 0.1) is 5.52 Å². The van der Waals surface area contributed by atoms with Gasteiger partial charge in [0.2, 0.25) is 5.91 Å². The molecule has 1 unspecified atom stereocenters. The number of benzene rings is 1. The number of halogens is 2. The molecule has 0 spiro atoms. The van der Waals surface area contributed by atoms with E-state index in [0.29, 0.717) is 13.0 Å². The lowest BCUT2D eigenvalue weighted by Crippen LogP contribution is -2.49. The molecule has 8 heteroatoms. The second-order valence-electron chi connectivity index (χ2n) is 6.69. The van der Waals surface area contributed by atoms with Crippen LogP contribution in [-0.2, 0) is 18.3 Å². The van der Waals surface area contributed by atoms with E-state index in [-0.39, 0.29) is 36.8 Å². The van der Waals surface area contributed by atoms with Gasteiger partial charge in [0, 0.05) is 57.1 Å². The van der Waals surface area contributed by atoms with Crippen molar-refractivity contribution in [1.82, 2.24) is 24.8 Å². The Morgan fingerprint density at radius 1 is 1.18 bits per heavy atom. The zero-order valence-electron chi connectivity index (χ0n) is 15.7. The molecule has 0 radical (unpaired) electrons. The monoisotopic (exact) mass is 421 g/mol. The fourth-order valence-corrected chi connectivity index (χ4v) is 3.69. The molecule has 0 bridgehead atoms. The van der Waals surface area contributed by atoms with Crippen LogP contribution in [0.3, 0.4) is 0 Å². The molecule has 1 saturated heterocycles. The molecule has 1 aliphatic heterocycles. The molecule has 3 aromatic rings. The number of aryl methyl sites for hydroxylation is 2. The van der Waals surface area contributed by atoms with Crippen LogP contribution in [0.25, 0.3) is 10.9 Å². The van der Waals surface area contributed by atoms with E-state index in [2.05, 4.69) is 21.4 Å². The van der Waals surface area contributed by atoms with Gasteiger partial charge in [0.25, 0.3) is 0 Å². The van der Waals surface area contributed by atoms with Crippen LogP contribution in [0.5, 0.6) is 0 Å². The van der Waals surface area contributed by atoms with E-state index < -0.39 is 0 Å². The van der Waals surface area contributed by atoms with E-state index in [0.717, 1.165) is 36.2 Å². The Morgan fingerprint density at radius 2 is 2.00 bits per heavy atom. The van der Waals surface area contributed by atoms with E-state index >= 15 is 0 Å². The number of hydrogen-bond acceptors (Lipinski definition) is 4. The summed E-state index contributed by atoms with van der Waals surface area (Å²) in [5.41, 5.74) is 2.15. The van der Waals surface area contributed by atoms with Gasteiger partial charge in [-0.05, 0) is 24.1 Å². The molecular formula is C20H25Cl2N5O. The number of nitrogens with zero attached hydrogens (tertiary/aromatic N) is 4. The quantitative estimate of drug-likeness (QED) is 0.703. The Kier molecular flexibility index (Phi) is 7.80. The molecule has 1 amide bonds. The van der Waals surface area contributed by atoms with Gasteiger partial charge in [0.15, 0.2) is 0 Å². The summed E-state index contributed by atoms with van der Waals surface area (Å²) in [4.78, 5) is 23.8. The van der Waals surface area contributed by atoms with Gasteiger partial charge in [-0.15, -0.1) is 24.8 Å². The van der Waals surface area contributed by atoms with Crippen LogP contribution < -0.4 is 5.32 Å². The van der Waals surface area contributed by atoms with Crippen molar-refractivity contribution in [3.63, 3.8) is 0 Å². The molecular weight excluding hydrogens is 397 g/mol. The van der Waals surface area contributed by atoms with Crippen molar-refractivity contribution in [3.05, 3.63) is 60.3 Å². The first-order valence-electron chi connectivity index (χ1n) is 9.04. The first-order valence-corrected chi connectivity index (χ1v) is 9.04. The number of carbonyl (C=O) groups excluding carboxylic acids is 1. The SMILES string of the molecule is Cl.Cl.Cn1ccnc1C1CNCCN1C(=O)CCc1ccnc2ccccc12. The first kappa shape index (κ1) is 22.1. The Morgan fingerprint density at radius 3 is 2.79 bits per heavy atom. The Balaban J connectivity index is 0.00000140. The number of aromatic nitrogens is 3. The third-order valence-corrected chi connectivity index (χ3v) is 5.07. The van der Waals surface area contributed by atoms with Gasteiger partial charge in [-0.1, -0.05) is 18.2 Å². The second kappa shape index (κ2) is 9.87. The average Bonchev–Trinajstić information content (AvgIpc) is 3.12. The van der Waals surface area contributed by atoms with Crippen molar-refractivity contribution in [2.75, 3.05) is 19.6 Å². The maximum Gasteiger partial charge on any atom is 0.223 e. The van der Waals surface area contributed by atoms with Gasteiger partial charge in [0.1, 0.15) is 11.9 Å². The largest absolute Gasteiger partial charge is 0.336 e. The Hall–Kier alpha value is -2.15. The summed E-state index contributed by atoms with van der Waals surface area (Å²) in [6.07, 6.45) is 6.75. The molecule has 0 saturated carbocycles. The minimum atomic E-state index is -0.00886. The molecule has 1 N–H and O–H groups in total. The number of para-hydroxylation sites is 1. The number of rotatable bonds is 4. The highest BCUT2D eigenvalue weighted by molar-refractivity contribution is 5.85. The second-order valence-corrected chi connectivity index (χ2v) is 6.69. The van der Waals surface area contributed by atoms with Crippen molar-refractivity contribution >= 4 is 41.6 Å². The molecule has 1 aromatic carbocycles. The lowest BCUT2D eigenvalue weighted by atomic mass is 10.0. The third-order valence-electron chi connectivity index (χ3n) is 5.07. The normalized spacial score (nSPS) is 16.3. The number of piperazine rings is 1. The van der Waals surface area contributed by atoms with Crippen molar-refractivity contribution in [2.24, 2.45) is 7.05 Å². The van der Waals surface area contributed by atoms with E-state index in [1.807, 2.05) is 53.2 Å². The van der Waals surface area contributed by atoms with Gasteiger partial charge < -0.3 is 14.8 Å². The van der Waals surface area contributed by atoms with E-state index in [1.54, 1.807) is 6.20 Å². The van der Waals surface area contributed by atoms with E-state index in [1.165, 1.54) is 5.56 Å². The van der Waals surface area contributed by atoms with Crippen molar-refractivity contribution in [2.45, 2.75) is 18.9 Å². The summed E-state index contributed by atoms with van der Waals surface area (Å²) < 4.78 is 1.99. The van der Waals surface area contributed by atoms with E-state index in [4.69, 9.17) is 0 Å². The standard InChI is InChI=1S/C20H23N5O.2ClH/c1-24-12-11-23-20(24)18-14-21-10-13-25(18)19(26)7-6-15-8-9-22-17-5-3-2-4-16(15)17;;/h2-5,8-9,11-12,18,21H,6-7,10,13-14H2,1H3;2*1H. The lowest BCUT2D eigenvalue weighted by Gasteiger charge is -2.36. The molecule has 2 aromatic heterocycles. The van der Waals surface area contributed by atoms with Crippen LogP contribution in [0, 0.1) is 0 Å². The molecule has 6 nitrogen and oxygen atoms in total. The number of imidazole rings is 1. The molecule has 3 heterocycles. The smallest absolute Gasteiger partial charge is 0.223 e. The number of carbonyl (C=O) groups is 1. The highest BCUT2D eigenvalue weighted by Crippen LogP contribution is 2.23. The predicted molar refractivity (Wildman–Crippen MR) is 115 cm³/mol. The van der Waals surface area contributed by atoms with Gasteiger partial charge in [-0.25, -0.2) is 4.98 Å². The lowest BCUT2D eigenvalue weighted by molar-refractivity contribution is -0.134. The number of nitrogens with one attached hydrogen (secondary N) is 1. The minimum Gasteiger partial charge on any atom is -0.336 e. The molecule has 4 rings (SSSR count). The van der Waals surface area contributed by atoms with Crippen molar-refractivity contribution in [1.29, 1.82) is 0 Å². The summed E-state index contributed by atoms with van der Waals surface area (Å²) in [5.74, 6) is 1.11. The van der Waals surface area contributed by atoms with Gasteiger partial charge in [-0.2, -0.15) is 0 Å². The number of pyridine rings is 1. The fraction of sp³-hybridized carbons (Fsp3) is 0.350. The molecule has 1 aliphatic rings. The van der Waals surface area contributed by atoms with Crippen molar-refractivity contribution in [3.8, 4) is 0 Å². The minimum absolute atomic E-state index is 0. The number of hydrogen-bond donors (Lipinski definition) is 1. The van der Waals surface area contributed by atoms with Crippen LogP contribution in [0.1, 0.15) is 23.9 Å². The summed E-state index contributed by atoms with van der Waals surface area (Å²) in [6.45, 7) is 2.28. The maximum atomic E-state index is 13.0. The average molecular weight is 422 g/mol. The van der Waals surface area contributed by atoms with Gasteiger partial charge >= 0.3 is 0 Å². The molecule has 1 fully saturated rings. The van der Waals surface area contributed by atoms with Crippen LogP contribution in [0.15, 0.2) is 48.9 Å². The van der Waals surface area contributed by atoms with Crippen LogP contribution in [0.2, 0.25) is 0 Å². The van der Waals surface area contributed by atoms with E-state index in [9.17, 15) is 4.79 Å². The fourth-order valence-electron chi connectivity index (χ4n) is 3.69. The summed E-state index contributed by atoms with van der Waals surface area (Å²) in [7, 11) is 1.97. The number of fused-ring (bicyclic) bond motifs is 1. The Bertz CT molecular complexity index is 924. The Labute approximate surface area is 177 Å². The number of amides is 1. The topological polar surface area (TPSA) is 63.1 Å². The summed E-state index contributed by atoms with van der Waals surface area (Å²) >= 11 is 0. The predicted octanol–water partition coefficient (Wildman–Crippen LogP) is 2.92. The summed E-state index contributed by atoms with van der Waals surface area (Å²) in [6, 6.07) is 10.1. The molecule has 0 aliphatic carbocycles. The first-order chi connectivity index (χ1) is 12.7. The third kappa shape index (κ3) is 4.46. The molecule has 150 valence electrons. The zero-order valence-corrected chi connectivity index (χ0v) is 17.4. The zero-order chi connectivity index (χ0) is 17.9. The van der Waals surface area contributed by atoms with Gasteiger partial charge in [-0.3, -0.25) is 9.78 Å². The maximum absolute atomic E-state index is 13.0. The van der Waals surface area contributed by atoms with Crippen LogP contribution in [0.4, 0.5) is 0 Å². The van der Waals surface area contributed by atoms with Crippen molar-refractivity contribution < 1.29 is 4.79 Å².